The van der Waals surface area contributed by atoms with Crippen LogP contribution in [0.15, 0.2) is 54.6 Å². The van der Waals surface area contributed by atoms with E-state index in [0.29, 0.717) is 17.7 Å². The summed E-state index contributed by atoms with van der Waals surface area (Å²) in [6, 6.07) is 16.1. The summed E-state index contributed by atoms with van der Waals surface area (Å²) >= 11 is 0. The number of carbonyl (C=O) groups is 2. The van der Waals surface area contributed by atoms with Crippen LogP contribution in [0.1, 0.15) is 22.3 Å². The second-order valence-corrected chi connectivity index (χ2v) is 4.34. The van der Waals surface area contributed by atoms with Crippen molar-refractivity contribution in [1.29, 1.82) is 0 Å². The predicted molar refractivity (Wildman–Crippen MR) is 77.1 cm³/mol. The highest BCUT2D eigenvalue weighted by atomic mass is 16.4. The van der Waals surface area contributed by atoms with Gasteiger partial charge >= 0.3 is 5.97 Å². The summed E-state index contributed by atoms with van der Waals surface area (Å²) in [5.74, 6) is -0.865. The van der Waals surface area contributed by atoms with Crippen LogP contribution in [0.4, 0.5) is 5.69 Å². The van der Waals surface area contributed by atoms with Crippen LogP contribution in [-0.2, 0) is 4.79 Å². The fraction of sp³-hybridized carbons (Fsp3) is 0.125. The number of benzene rings is 2. The molecular formula is C16H15NO3. The maximum Gasteiger partial charge on any atom is 0.305 e. The molecule has 0 radical (unpaired) electrons. The topological polar surface area (TPSA) is 66.4 Å². The Hall–Kier alpha value is -2.62. The van der Waals surface area contributed by atoms with Crippen molar-refractivity contribution in [2.24, 2.45) is 0 Å². The lowest BCUT2D eigenvalue weighted by atomic mass is 10.0. The molecule has 0 aliphatic carbocycles. The van der Waals surface area contributed by atoms with Crippen molar-refractivity contribution in [2.75, 3.05) is 11.9 Å². The fourth-order valence-electron chi connectivity index (χ4n) is 1.81. The Morgan fingerprint density at radius 2 is 1.50 bits per heavy atom. The van der Waals surface area contributed by atoms with Crippen LogP contribution < -0.4 is 5.32 Å². The van der Waals surface area contributed by atoms with Gasteiger partial charge < -0.3 is 10.4 Å². The molecule has 2 aromatic rings. The normalized spacial score (nSPS) is 10.0. The number of rotatable bonds is 6. The van der Waals surface area contributed by atoms with E-state index < -0.39 is 5.97 Å². The average molecular weight is 269 g/mol. The van der Waals surface area contributed by atoms with Gasteiger partial charge in [-0.2, -0.15) is 0 Å². The molecule has 4 nitrogen and oxygen atoms in total. The Kier molecular flexibility index (Phi) is 4.50. The highest BCUT2D eigenvalue weighted by Crippen LogP contribution is 2.13. The molecule has 2 N–H and O–H groups in total. The molecule has 0 aliphatic heterocycles. The van der Waals surface area contributed by atoms with Crippen LogP contribution in [0.25, 0.3) is 0 Å². The minimum atomic E-state index is -0.839. The summed E-state index contributed by atoms with van der Waals surface area (Å²) in [6.45, 7) is 0.362. The lowest BCUT2D eigenvalue weighted by Gasteiger charge is -2.06. The zero-order valence-corrected chi connectivity index (χ0v) is 10.9. The number of anilines is 1. The summed E-state index contributed by atoms with van der Waals surface area (Å²) in [4.78, 5) is 22.6. The number of carboxylic acids is 1. The SMILES string of the molecule is O=C(O)CCNc1ccc(C(=O)c2ccccc2)cc1. The number of nitrogens with one attached hydrogen (secondary N) is 1. The number of carbonyl (C=O) groups excluding carboxylic acids is 1. The van der Waals surface area contributed by atoms with Gasteiger partial charge in [0.25, 0.3) is 0 Å². The lowest BCUT2D eigenvalue weighted by Crippen LogP contribution is -2.07. The van der Waals surface area contributed by atoms with Crippen molar-refractivity contribution in [3.05, 3.63) is 65.7 Å². The molecule has 0 saturated carbocycles. The van der Waals surface area contributed by atoms with E-state index in [1.807, 2.05) is 18.2 Å². The second kappa shape index (κ2) is 6.52. The van der Waals surface area contributed by atoms with E-state index in [1.165, 1.54) is 0 Å². The van der Waals surface area contributed by atoms with Gasteiger partial charge in [0.15, 0.2) is 5.78 Å². The van der Waals surface area contributed by atoms with Crippen LogP contribution >= 0.6 is 0 Å². The molecule has 0 saturated heterocycles. The molecule has 20 heavy (non-hydrogen) atoms. The maximum absolute atomic E-state index is 12.2. The first-order chi connectivity index (χ1) is 9.66. The highest BCUT2D eigenvalue weighted by molar-refractivity contribution is 6.09. The number of hydrogen-bond donors (Lipinski definition) is 2. The summed E-state index contributed by atoms with van der Waals surface area (Å²) in [5, 5.41) is 11.5. The quantitative estimate of drug-likeness (QED) is 0.791. The Morgan fingerprint density at radius 1 is 0.900 bits per heavy atom. The summed E-state index contributed by atoms with van der Waals surface area (Å²) in [5.41, 5.74) is 2.06. The third-order valence-electron chi connectivity index (χ3n) is 2.85. The van der Waals surface area contributed by atoms with Gasteiger partial charge in [-0.3, -0.25) is 9.59 Å². The Labute approximate surface area is 117 Å². The van der Waals surface area contributed by atoms with Crippen LogP contribution in [0, 0.1) is 0 Å². The highest BCUT2D eigenvalue weighted by Gasteiger charge is 2.07. The Balaban J connectivity index is 2.01. The zero-order valence-electron chi connectivity index (χ0n) is 10.9. The van der Waals surface area contributed by atoms with Crippen molar-refractivity contribution in [3.63, 3.8) is 0 Å². The number of carboxylic acid groups (broad SMARTS) is 1. The van der Waals surface area contributed by atoms with E-state index in [0.717, 1.165) is 5.69 Å². The monoisotopic (exact) mass is 269 g/mol. The maximum atomic E-state index is 12.2. The van der Waals surface area contributed by atoms with Gasteiger partial charge in [-0.05, 0) is 24.3 Å². The van der Waals surface area contributed by atoms with Gasteiger partial charge in [0.05, 0.1) is 6.42 Å². The standard InChI is InChI=1S/C16H15NO3/c18-15(19)10-11-17-14-8-6-13(7-9-14)16(20)12-4-2-1-3-5-12/h1-9,17H,10-11H2,(H,18,19). The smallest absolute Gasteiger partial charge is 0.305 e. The molecule has 0 bridgehead atoms. The molecule has 0 amide bonds. The molecule has 0 aliphatic rings. The Bertz CT molecular complexity index is 591. The van der Waals surface area contributed by atoms with Crippen LogP contribution in [0.5, 0.6) is 0 Å². The summed E-state index contributed by atoms with van der Waals surface area (Å²) < 4.78 is 0. The first-order valence-corrected chi connectivity index (χ1v) is 6.32. The zero-order chi connectivity index (χ0) is 14.4. The largest absolute Gasteiger partial charge is 0.481 e. The van der Waals surface area contributed by atoms with Gasteiger partial charge in [-0.25, -0.2) is 0 Å². The number of hydrogen-bond acceptors (Lipinski definition) is 3. The molecule has 0 fully saturated rings. The van der Waals surface area contributed by atoms with Crippen molar-refractivity contribution in [3.8, 4) is 0 Å². The average Bonchev–Trinajstić information content (AvgIpc) is 2.48. The van der Waals surface area contributed by atoms with E-state index in [4.69, 9.17) is 5.11 Å². The van der Waals surface area contributed by atoms with E-state index in [9.17, 15) is 9.59 Å². The van der Waals surface area contributed by atoms with Crippen molar-refractivity contribution in [1.82, 2.24) is 0 Å². The molecule has 2 rings (SSSR count). The van der Waals surface area contributed by atoms with Crippen LogP contribution in [-0.4, -0.2) is 23.4 Å². The molecule has 0 aromatic heterocycles. The number of ketones is 1. The molecular weight excluding hydrogens is 254 g/mol. The minimum Gasteiger partial charge on any atom is -0.481 e. The molecule has 4 heteroatoms. The van der Waals surface area contributed by atoms with Gasteiger partial charge in [-0.1, -0.05) is 30.3 Å². The van der Waals surface area contributed by atoms with E-state index in [1.54, 1.807) is 36.4 Å². The molecule has 0 heterocycles. The van der Waals surface area contributed by atoms with Gasteiger partial charge in [0, 0.05) is 23.4 Å². The molecule has 2 aromatic carbocycles. The van der Waals surface area contributed by atoms with Crippen molar-refractivity contribution in [2.45, 2.75) is 6.42 Å². The second-order valence-electron chi connectivity index (χ2n) is 4.34. The first kappa shape index (κ1) is 13.8. The lowest BCUT2D eigenvalue weighted by molar-refractivity contribution is -0.136. The van der Waals surface area contributed by atoms with E-state index in [-0.39, 0.29) is 12.2 Å². The van der Waals surface area contributed by atoms with E-state index in [2.05, 4.69) is 5.32 Å². The van der Waals surface area contributed by atoms with Gasteiger partial charge in [0.2, 0.25) is 0 Å². The van der Waals surface area contributed by atoms with Crippen LogP contribution in [0.2, 0.25) is 0 Å². The van der Waals surface area contributed by atoms with E-state index >= 15 is 0 Å². The fourth-order valence-corrected chi connectivity index (χ4v) is 1.81. The molecule has 0 atom stereocenters. The molecule has 102 valence electrons. The predicted octanol–water partition coefficient (Wildman–Crippen LogP) is 2.80. The van der Waals surface area contributed by atoms with Crippen molar-refractivity contribution < 1.29 is 14.7 Å². The summed E-state index contributed by atoms with van der Waals surface area (Å²) in [6.07, 6.45) is 0.0602. The molecule has 0 unspecified atom stereocenters. The first-order valence-electron chi connectivity index (χ1n) is 6.32. The third kappa shape index (κ3) is 3.68. The van der Waals surface area contributed by atoms with Gasteiger partial charge in [0.1, 0.15) is 0 Å². The van der Waals surface area contributed by atoms with Crippen molar-refractivity contribution >= 4 is 17.4 Å². The third-order valence-corrected chi connectivity index (χ3v) is 2.85. The van der Waals surface area contributed by atoms with Gasteiger partial charge in [-0.15, -0.1) is 0 Å². The minimum absolute atomic E-state index is 0.0253. The summed E-state index contributed by atoms with van der Waals surface area (Å²) in [7, 11) is 0. The Morgan fingerprint density at radius 3 is 2.10 bits per heavy atom. The van der Waals surface area contributed by atoms with Crippen LogP contribution in [0.3, 0.4) is 0 Å². The number of aliphatic carboxylic acids is 1. The molecule has 0 spiro atoms.